The van der Waals surface area contributed by atoms with Crippen LogP contribution in [0.25, 0.3) is 11.4 Å². The average Bonchev–Trinajstić information content (AvgIpc) is 2.83. The van der Waals surface area contributed by atoms with Crippen molar-refractivity contribution in [1.29, 1.82) is 0 Å². The van der Waals surface area contributed by atoms with E-state index in [0.717, 1.165) is 5.82 Å². The minimum absolute atomic E-state index is 0.251. The predicted octanol–water partition coefficient (Wildman–Crippen LogP) is 5.19. The van der Waals surface area contributed by atoms with Crippen molar-refractivity contribution in [3.63, 3.8) is 0 Å². The van der Waals surface area contributed by atoms with Gasteiger partial charge in [-0.05, 0) is 51.1 Å². The van der Waals surface area contributed by atoms with E-state index in [-0.39, 0.29) is 18.6 Å². The SMILES string of the molecule is CC(C)(C)OC(=O)N1CCN(c2ccc(Oc3cc(CO)nc(-c4cc(Cl)cc(Cl)c4)n3)cn2)CC1. The molecular formula is C25H27Cl2N5O4. The van der Waals surface area contributed by atoms with Gasteiger partial charge in [0, 0.05) is 47.9 Å². The molecule has 1 aromatic carbocycles. The number of aliphatic hydroxyl groups is 1. The topological polar surface area (TPSA) is 101 Å². The van der Waals surface area contributed by atoms with Crippen molar-refractivity contribution in [3.8, 4) is 23.0 Å². The Morgan fingerprint density at radius 2 is 1.72 bits per heavy atom. The number of hydrogen-bond donors (Lipinski definition) is 1. The van der Waals surface area contributed by atoms with Crippen LogP contribution in [0.3, 0.4) is 0 Å². The minimum atomic E-state index is -0.519. The number of benzene rings is 1. The molecule has 36 heavy (non-hydrogen) atoms. The molecule has 1 aliphatic rings. The van der Waals surface area contributed by atoms with Crippen LogP contribution in [0.5, 0.6) is 11.6 Å². The predicted molar refractivity (Wildman–Crippen MR) is 138 cm³/mol. The summed E-state index contributed by atoms with van der Waals surface area (Å²) in [6, 6.07) is 10.2. The third kappa shape index (κ3) is 6.75. The fourth-order valence-corrected chi connectivity index (χ4v) is 4.13. The van der Waals surface area contributed by atoms with Gasteiger partial charge in [-0.25, -0.2) is 14.8 Å². The van der Waals surface area contributed by atoms with Crippen molar-refractivity contribution in [3.05, 3.63) is 58.3 Å². The summed E-state index contributed by atoms with van der Waals surface area (Å²) in [4.78, 5) is 29.4. The van der Waals surface area contributed by atoms with E-state index < -0.39 is 5.60 Å². The third-order valence-electron chi connectivity index (χ3n) is 5.24. The lowest BCUT2D eigenvalue weighted by Crippen LogP contribution is -2.50. The highest BCUT2D eigenvalue weighted by atomic mass is 35.5. The molecule has 190 valence electrons. The maximum atomic E-state index is 12.3. The van der Waals surface area contributed by atoms with Gasteiger partial charge in [-0.1, -0.05) is 23.2 Å². The second-order valence-electron chi connectivity index (χ2n) is 9.25. The van der Waals surface area contributed by atoms with Crippen LogP contribution in [0.2, 0.25) is 10.0 Å². The first-order valence-electron chi connectivity index (χ1n) is 11.4. The van der Waals surface area contributed by atoms with Gasteiger partial charge in [0.25, 0.3) is 0 Å². The van der Waals surface area contributed by atoms with Crippen LogP contribution >= 0.6 is 23.2 Å². The van der Waals surface area contributed by atoms with Gasteiger partial charge in [-0.3, -0.25) is 0 Å². The molecule has 0 aliphatic carbocycles. The van der Waals surface area contributed by atoms with E-state index >= 15 is 0 Å². The molecule has 0 saturated carbocycles. The number of aromatic nitrogens is 3. The van der Waals surface area contributed by atoms with Crippen LogP contribution in [-0.4, -0.2) is 62.8 Å². The van der Waals surface area contributed by atoms with E-state index in [0.29, 0.717) is 59.1 Å². The van der Waals surface area contributed by atoms with Crippen LogP contribution < -0.4 is 9.64 Å². The van der Waals surface area contributed by atoms with Gasteiger partial charge in [0.05, 0.1) is 18.5 Å². The van der Waals surface area contributed by atoms with Crippen molar-refractivity contribution in [1.82, 2.24) is 19.9 Å². The smallest absolute Gasteiger partial charge is 0.410 e. The Hall–Kier alpha value is -3.14. The fraction of sp³-hybridized carbons (Fsp3) is 0.360. The van der Waals surface area contributed by atoms with E-state index in [9.17, 15) is 9.90 Å². The van der Waals surface area contributed by atoms with Crippen molar-refractivity contribution >= 4 is 35.1 Å². The van der Waals surface area contributed by atoms with E-state index in [1.165, 1.54) is 0 Å². The zero-order valence-corrected chi connectivity index (χ0v) is 21.8. The van der Waals surface area contributed by atoms with Crippen molar-refractivity contribution in [2.24, 2.45) is 0 Å². The molecule has 4 rings (SSSR count). The number of aliphatic hydroxyl groups excluding tert-OH is 1. The van der Waals surface area contributed by atoms with Gasteiger partial charge in [0.15, 0.2) is 5.82 Å². The highest BCUT2D eigenvalue weighted by Gasteiger charge is 2.26. The van der Waals surface area contributed by atoms with E-state index in [4.69, 9.17) is 32.7 Å². The lowest BCUT2D eigenvalue weighted by atomic mass is 10.2. The Kier molecular flexibility index (Phi) is 7.82. The molecule has 3 aromatic rings. The number of ether oxygens (including phenoxy) is 2. The van der Waals surface area contributed by atoms with Crippen LogP contribution in [0.1, 0.15) is 26.5 Å². The summed E-state index contributed by atoms with van der Waals surface area (Å²) in [6.45, 7) is 7.67. The number of rotatable bonds is 5. The van der Waals surface area contributed by atoms with Crippen molar-refractivity contribution in [2.75, 3.05) is 31.1 Å². The monoisotopic (exact) mass is 531 g/mol. The number of hydrogen-bond acceptors (Lipinski definition) is 8. The number of halogens is 2. The maximum absolute atomic E-state index is 12.3. The normalized spacial score (nSPS) is 14.1. The molecule has 0 atom stereocenters. The molecule has 9 nitrogen and oxygen atoms in total. The van der Waals surface area contributed by atoms with E-state index in [1.807, 2.05) is 26.8 Å². The Balaban J connectivity index is 1.43. The van der Waals surface area contributed by atoms with E-state index in [1.54, 1.807) is 41.4 Å². The zero-order chi connectivity index (χ0) is 25.9. The summed E-state index contributed by atoms with van der Waals surface area (Å²) in [5, 5.41) is 10.5. The summed E-state index contributed by atoms with van der Waals surface area (Å²) < 4.78 is 11.4. The Morgan fingerprint density at radius 3 is 2.31 bits per heavy atom. The van der Waals surface area contributed by atoms with Crippen LogP contribution in [0, 0.1) is 0 Å². The summed E-state index contributed by atoms with van der Waals surface area (Å²) in [5.74, 6) is 1.83. The first kappa shape index (κ1) is 25.9. The summed E-state index contributed by atoms with van der Waals surface area (Å²) >= 11 is 12.2. The Labute approximate surface area is 219 Å². The number of carbonyl (C=O) groups is 1. The molecule has 1 aliphatic heterocycles. The highest BCUT2D eigenvalue weighted by molar-refractivity contribution is 6.35. The second kappa shape index (κ2) is 10.9. The van der Waals surface area contributed by atoms with Crippen molar-refractivity contribution in [2.45, 2.75) is 33.0 Å². The third-order valence-corrected chi connectivity index (χ3v) is 5.67. The van der Waals surface area contributed by atoms with Gasteiger partial charge in [-0.15, -0.1) is 0 Å². The molecule has 2 aromatic heterocycles. The molecule has 1 amide bonds. The van der Waals surface area contributed by atoms with E-state index in [2.05, 4.69) is 19.9 Å². The zero-order valence-electron chi connectivity index (χ0n) is 20.2. The average molecular weight is 532 g/mol. The lowest BCUT2D eigenvalue weighted by Gasteiger charge is -2.36. The second-order valence-corrected chi connectivity index (χ2v) is 10.1. The standard InChI is InChI=1S/C25H27Cl2N5O4/c1-25(2,3)36-24(34)32-8-6-31(7-9-32)21-5-4-20(14-28-21)35-22-13-19(15-33)29-23(30-22)16-10-17(26)12-18(27)11-16/h4-5,10-14,33H,6-9,15H2,1-3H3. The van der Waals surface area contributed by atoms with Gasteiger partial charge < -0.3 is 24.4 Å². The van der Waals surface area contributed by atoms with Crippen LogP contribution in [-0.2, 0) is 11.3 Å². The number of anilines is 1. The molecule has 3 heterocycles. The lowest BCUT2D eigenvalue weighted by molar-refractivity contribution is 0.0240. The first-order chi connectivity index (χ1) is 17.1. The Morgan fingerprint density at radius 1 is 1.03 bits per heavy atom. The number of nitrogens with zero attached hydrogens (tertiary/aromatic N) is 5. The molecule has 1 saturated heterocycles. The summed E-state index contributed by atoms with van der Waals surface area (Å²) in [6.07, 6.45) is 1.30. The number of carbonyl (C=O) groups excluding carboxylic acids is 1. The van der Waals surface area contributed by atoms with Crippen molar-refractivity contribution < 1.29 is 19.4 Å². The van der Waals surface area contributed by atoms with Gasteiger partial charge in [0.1, 0.15) is 17.2 Å². The largest absolute Gasteiger partial charge is 0.444 e. The highest BCUT2D eigenvalue weighted by Crippen LogP contribution is 2.28. The van der Waals surface area contributed by atoms with Crippen LogP contribution in [0.4, 0.5) is 10.6 Å². The quantitative estimate of drug-likeness (QED) is 0.480. The fourth-order valence-electron chi connectivity index (χ4n) is 3.60. The molecule has 0 radical (unpaired) electrons. The molecule has 11 heteroatoms. The van der Waals surface area contributed by atoms with Gasteiger partial charge in [-0.2, -0.15) is 4.98 Å². The first-order valence-corrected chi connectivity index (χ1v) is 12.2. The maximum Gasteiger partial charge on any atom is 0.410 e. The molecular weight excluding hydrogens is 505 g/mol. The van der Waals surface area contributed by atoms with Gasteiger partial charge >= 0.3 is 6.09 Å². The summed E-state index contributed by atoms with van der Waals surface area (Å²) in [5.41, 5.74) is 0.472. The van der Waals surface area contributed by atoms with Gasteiger partial charge in [0.2, 0.25) is 5.88 Å². The molecule has 1 fully saturated rings. The van der Waals surface area contributed by atoms with Crippen LogP contribution in [0.15, 0.2) is 42.6 Å². The molecule has 1 N–H and O–H groups in total. The molecule has 0 bridgehead atoms. The summed E-state index contributed by atoms with van der Waals surface area (Å²) in [7, 11) is 0. The molecule has 0 spiro atoms. The number of amides is 1. The Bertz CT molecular complexity index is 1210. The minimum Gasteiger partial charge on any atom is -0.444 e. The number of piperazine rings is 1. The number of pyridine rings is 1. The molecule has 0 unspecified atom stereocenters.